The third-order valence-electron chi connectivity index (χ3n) is 1.93. The summed E-state index contributed by atoms with van der Waals surface area (Å²) in [7, 11) is 0.797. The molecule has 1 rings (SSSR count). The second-order valence-electron chi connectivity index (χ2n) is 3.20. The van der Waals surface area contributed by atoms with Crippen LogP contribution in [0.2, 0.25) is 0 Å². The molecule has 0 radical (unpaired) electrons. The summed E-state index contributed by atoms with van der Waals surface area (Å²) in [6.07, 6.45) is 0. The monoisotopic (exact) mass is 300 g/mol. The number of halogens is 3. The van der Waals surface area contributed by atoms with E-state index in [4.69, 9.17) is 20.2 Å². The van der Waals surface area contributed by atoms with Crippen molar-refractivity contribution in [3.05, 3.63) is 23.8 Å². The van der Waals surface area contributed by atoms with E-state index in [2.05, 4.69) is 0 Å². The Bertz CT molecular complexity index is 496. The predicted molar refractivity (Wildman–Crippen MR) is 61.4 cm³/mol. The summed E-state index contributed by atoms with van der Waals surface area (Å²) in [4.78, 5) is -0.656. The molecule has 0 fully saturated rings. The fourth-order valence-corrected chi connectivity index (χ4v) is 1.92. The number of ether oxygens (including phenoxy) is 2. The van der Waals surface area contributed by atoms with E-state index in [1.165, 1.54) is 0 Å². The maximum atomic E-state index is 13.4. The molecule has 18 heavy (non-hydrogen) atoms. The van der Waals surface area contributed by atoms with Crippen LogP contribution < -0.4 is 4.74 Å². The highest BCUT2D eigenvalue weighted by Crippen LogP contribution is 2.26. The maximum absolute atomic E-state index is 13.4. The molecule has 0 saturated heterocycles. The summed E-state index contributed by atoms with van der Waals surface area (Å²) in [6.45, 7) is 2.35. The lowest BCUT2D eigenvalue weighted by atomic mass is 10.3. The Morgan fingerprint density at radius 2 is 1.78 bits per heavy atom. The van der Waals surface area contributed by atoms with Crippen LogP contribution in [-0.2, 0) is 13.8 Å². The van der Waals surface area contributed by atoms with Crippen LogP contribution in [0.4, 0.5) is 8.78 Å². The molecule has 0 aliphatic rings. The Morgan fingerprint density at radius 1 is 1.22 bits per heavy atom. The molecule has 0 spiro atoms. The van der Waals surface area contributed by atoms with E-state index in [0.717, 1.165) is 0 Å². The molecular weight excluding hydrogens is 290 g/mol. The Labute approximate surface area is 108 Å². The molecule has 1 aromatic rings. The van der Waals surface area contributed by atoms with Crippen LogP contribution in [-0.4, -0.2) is 28.2 Å². The van der Waals surface area contributed by atoms with Gasteiger partial charge in [-0.2, -0.15) is 0 Å². The van der Waals surface area contributed by atoms with E-state index in [0.29, 0.717) is 18.7 Å². The average Bonchev–Trinajstić information content (AvgIpc) is 2.25. The third kappa shape index (κ3) is 4.08. The van der Waals surface area contributed by atoms with Gasteiger partial charge < -0.3 is 9.47 Å². The topological polar surface area (TPSA) is 52.6 Å². The molecule has 0 unspecified atom stereocenters. The van der Waals surface area contributed by atoms with Crippen molar-refractivity contribution >= 4 is 19.7 Å². The van der Waals surface area contributed by atoms with Crippen molar-refractivity contribution in [2.75, 3.05) is 19.8 Å². The van der Waals surface area contributed by atoms with E-state index in [1.54, 1.807) is 6.92 Å². The van der Waals surface area contributed by atoms with Crippen molar-refractivity contribution in [1.29, 1.82) is 0 Å². The minimum Gasteiger partial charge on any atom is -0.485 e. The van der Waals surface area contributed by atoms with Crippen molar-refractivity contribution < 1.29 is 26.7 Å². The van der Waals surface area contributed by atoms with Crippen LogP contribution in [0.3, 0.4) is 0 Å². The second kappa shape index (κ2) is 6.31. The molecule has 0 aliphatic heterocycles. The van der Waals surface area contributed by atoms with Crippen LogP contribution in [0.1, 0.15) is 6.92 Å². The number of hydrogen-bond acceptors (Lipinski definition) is 4. The molecular formula is C10H11ClF2O4S. The fraction of sp³-hybridized carbons (Fsp3) is 0.400. The molecule has 8 heteroatoms. The third-order valence-corrected chi connectivity index (χ3v) is 3.26. The zero-order valence-electron chi connectivity index (χ0n) is 9.45. The van der Waals surface area contributed by atoms with Crippen molar-refractivity contribution in [1.82, 2.24) is 0 Å². The predicted octanol–water partition coefficient (Wildman–Crippen LogP) is 2.31. The van der Waals surface area contributed by atoms with Gasteiger partial charge in [0, 0.05) is 17.3 Å². The smallest absolute Gasteiger partial charge is 0.261 e. The fourth-order valence-electron chi connectivity index (χ4n) is 1.16. The summed E-state index contributed by atoms with van der Waals surface area (Å²) in [5.74, 6) is -2.92. The summed E-state index contributed by atoms with van der Waals surface area (Å²) < 4.78 is 58.4. The minimum atomic E-state index is -4.18. The summed E-state index contributed by atoms with van der Waals surface area (Å²) >= 11 is 0. The molecule has 102 valence electrons. The van der Waals surface area contributed by atoms with E-state index in [-0.39, 0.29) is 13.2 Å². The van der Waals surface area contributed by atoms with Gasteiger partial charge in [0.05, 0.1) is 11.5 Å². The molecule has 0 N–H and O–H groups in total. The van der Waals surface area contributed by atoms with Gasteiger partial charge in [0.15, 0.2) is 17.4 Å². The first-order valence-corrected chi connectivity index (χ1v) is 7.31. The number of benzene rings is 1. The van der Waals surface area contributed by atoms with E-state index in [1.807, 2.05) is 0 Å². The van der Waals surface area contributed by atoms with Crippen LogP contribution >= 0.6 is 10.7 Å². The first-order chi connectivity index (χ1) is 8.36. The maximum Gasteiger partial charge on any atom is 0.261 e. The molecule has 0 atom stereocenters. The zero-order chi connectivity index (χ0) is 13.8. The van der Waals surface area contributed by atoms with Crippen LogP contribution in [0, 0.1) is 11.6 Å². The first kappa shape index (κ1) is 15.1. The van der Waals surface area contributed by atoms with Crippen molar-refractivity contribution in [2.24, 2.45) is 0 Å². The standard InChI is InChI=1S/C10H11ClF2O4S/c1-2-16-3-4-17-10-8(12)5-7(6-9(10)13)18(11,14)15/h5-6H,2-4H2,1H3. The van der Waals surface area contributed by atoms with Gasteiger partial charge >= 0.3 is 0 Å². The minimum absolute atomic E-state index is 0.0470. The van der Waals surface area contributed by atoms with Gasteiger partial charge in [-0.05, 0) is 19.1 Å². The lowest BCUT2D eigenvalue weighted by molar-refractivity contribution is 0.106. The Kier molecular flexibility index (Phi) is 5.30. The van der Waals surface area contributed by atoms with Gasteiger partial charge in [-0.25, -0.2) is 17.2 Å². The lowest BCUT2D eigenvalue weighted by Crippen LogP contribution is -2.09. The number of rotatable bonds is 6. The molecule has 0 saturated carbocycles. The van der Waals surface area contributed by atoms with Gasteiger partial charge in [0.1, 0.15) is 6.61 Å². The van der Waals surface area contributed by atoms with Gasteiger partial charge in [-0.15, -0.1) is 0 Å². The average molecular weight is 301 g/mol. The highest BCUT2D eigenvalue weighted by Gasteiger charge is 2.18. The molecule has 4 nitrogen and oxygen atoms in total. The van der Waals surface area contributed by atoms with Crippen LogP contribution in [0.15, 0.2) is 17.0 Å². The Morgan fingerprint density at radius 3 is 2.22 bits per heavy atom. The van der Waals surface area contributed by atoms with Crippen LogP contribution in [0.25, 0.3) is 0 Å². The quantitative estimate of drug-likeness (QED) is 0.597. The van der Waals surface area contributed by atoms with Gasteiger partial charge in [0.2, 0.25) is 0 Å². The SMILES string of the molecule is CCOCCOc1c(F)cc(S(=O)(=O)Cl)cc1F. The van der Waals surface area contributed by atoms with Gasteiger partial charge in [-0.1, -0.05) is 0 Å². The zero-order valence-corrected chi connectivity index (χ0v) is 11.0. The van der Waals surface area contributed by atoms with Crippen LogP contribution in [0.5, 0.6) is 5.75 Å². The van der Waals surface area contributed by atoms with E-state index >= 15 is 0 Å². The van der Waals surface area contributed by atoms with Crippen molar-refractivity contribution in [3.8, 4) is 5.75 Å². The molecule has 0 aliphatic carbocycles. The van der Waals surface area contributed by atoms with Gasteiger partial charge in [-0.3, -0.25) is 0 Å². The largest absolute Gasteiger partial charge is 0.485 e. The van der Waals surface area contributed by atoms with E-state index < -0.39 is 31.3 Å². The molecule has 0 aromatic heterocycles. The van der Waals surface area contributed by atoms with Crippen molar-refractivity contribution in [3.63, 3.8) is 0 Å². The highest BCUT2D eigenvalue weighted by molar-refractivity contribution is 8.13. The second-order valence-corrected chi connectivity index (χ2v) is 5.77. The van der Waals surface area contributed by atoms with E-state index in [9.17, 15) is 17.2 Å². The summed E-state index contributed by atoms with van der Waals surface area (Å²) in [5, 5.41) is 0. The van der Waals surface area contributed by atoms with Gasteiger partial charge in [0.25, 0.3) is 9.05 Å². The Hall–Kier alpha value is -0.920. The molecule has 1 aromatic carbocycles. The normalized spacial score (nSPS) is 11.6. The molecule has 0 heterocycles. The highest BCUT2D eigenvalue weighted by atomic mass is 35.7. The molecule has 0 amide bonds. The summed E-state index contributed by atoms with van der Waals surface area (Å²) in [5.41, 5.74) is 0. The number of hydrogen-bond donors (Lipinski definition) is 0. The first-order valence-electron chi connectivity index (χ1n) is 5.00. The lowest BCUT2D eigenvalue weighted by Gasteiger charge is -2.09. The molecule has 0 bridgehead atoms. The Balaban J connectivity index is 2.88. The summed E-state index contributed by atoms with van der Waals surface area (Å²) in [6, 6.07) is 1.20. The van der Waals surface area contributed by atoms with Crippen molar-refractivity contribution in [2.45, 2.75) is 11.8 Å².